The molecule has 2 aromatic heterocycles. The van der Waals surface area contributed by atoms with Crippen LogP contribution >= 0.6 is 11.6 Å². The van der Waals surface area contributed by atoms with Crippen molar-refractivity contribution in [2.45, 2.75) is 71.1 Å². The molecule has 1 fully saturated rings. The van der Waals surface area contributed by atoms with E-state index in [0.717, 1.165) is 24.0 Å². The number of nitrogens with one attached hydrogen (secondary N) is 1. The maximum Gasteiger partial charge on any atom is 0.303 e. The van der Waals surface area contributed by atoms with Crippen LogP contribution in [0.2, 0.25) is 5.02 Å². The predicted molar refractivity (Wildman–Crippen MR) is 129 cm³/mol. The molecule has 0 saturated heterocycles. The molecular formula is C25H29ClN4O5. The third kappa shape index (κ3) is 6.28. The number of benzene rings is 1. The van der Waals surface area contributed by atoms with E-state index in [1.807, 2.05) is 13.0 Å². The number of hydrogen-bond acceptors (Lipinski definition) is 7. The van der Waals surface area contributed by atoms with Gasteiger partial charge in [0.15, 0.2) is 0 Å². The van der Waals surface area contributed by atoms with Crippen molar-refractivity contribution in [1.29, 1.82) is 0 Å². The minimum atomic E-state index is -0.940. The lowest BCUT2D eigenvalue weighted by Gasteiger charge is -2.16. The van der Waals surface area contributed by atoms with Crippen molar-refractivity contribution in [3.05, 3.63) is 45.9 Å². The van der Waals surface area contributed by atoms with E-state index in [9.17, 15) is 14.7 Å². The summed E-state index contributed by atoms with van der Waals surface area (Å²) in [5, 5.41) is 20.9. The van der Waals surface area contributed by atoms with Crippen molar-refractivity contribution in [3.63, 3.8) is 0 Å². The molecule has 2 N–H and O–H groups in total. The summed E-state index contributed by atoms with van der Waals surface area (Å²) >= 11 is 6.27. The van der Waals surface area contributed by atoms with Crippen LogP contribution in [0.4, 0.5) is 5.69 Å². The summed E-state index contributed by atoms with van der Waals surface area (Å²) in [4.78, 5) is 28.8. The molecule has 35 heavy (non-hydrogen) atoms. The molecular weight excluding hydrogens is 472 g/mol. The van der Waals surface area contributed by atoms with Crippen molar-refractivity contribution in [3.8, 4) is 11.6 Å². The van der Waals surface area contributed by atoms with E-state index in [1.54, 1.807) is 12.1 Å². The lowest BCUT2D eigenvalue weighted by atomic mass is 9.90. The number of halogens is 1. The fourth-order valence-corrected chi connectivity index (χ4v) is 4.37. The number of amides is 1. The Balaban J connectivity index is 1.60. The summed E-state index contributed by atoms with van der Waals surface area (Å²) in [5.41, 5.74) is 2.92. The Hall–Kier alpha value is -3.20. The molecule has 0 spiro atoms. The summed E-state index contributed by atoms with van der Waals surface area (Å²) in [6.07, 6.45) is 2.73. The van der Waals surface area contributed by atoms with Crippen molar-refractivity contribution in [2.75, 3.05) is 5.32 Å². The third-order valence-electron chi connectivity index (χ3n) is 5.92. The Morgan fingerprint density at radius 3 is 2.66 bits per heavy atom. The van der Waals surface area contributed by atoms with Crippen molar-refractivity contribution >= 4 is 29.2 Å². The first kappa shape index (κ1) is 24.9. The molecule has 1 aliphatic carbocycles. The first-order chi connectivity index (χ1) is 16.7. The van der Waals surface area contributed by atoms with Crippen molar-refractivity contribution < 1.29 is 23.7 Å². The molecule has 1 aliphatic rings. The maximum absolute atomic E-state index is 12.9. The van der Waals surface area contributed by atoms with Gasteiger partial charge in [-0.3, -0.25) is 9.59 Å². The number of aryl methyl sites for hydroxylation is 1. The number of rotatable bonds is 11. The van der Waals surface area contributed by atoms with Crippen LogP contribution in [0.15, 0.2) is 27.2 Å². The number of aromatic nitrogens is 3. The monoisotopic (exact) mass is 500 g/mol. The van der Waals surface area contributed by atoms with Crippen LogP contribution in [0.3, 0.4) is 0 Å². The van der Waals surface area contributed by atoms with Crippen LogP contribution in [0, 0.1) is 12.8 Å². The van der Waals surface area contributed by atoms with Gasteiger partial charge in [0, 0.05) is 30.7 Å². The van der Waals surface area contributed by atoms with E-state index in [4.69, 9.17) is 20.6 Å². The highest BCUT2D eigenvalue weighted by Gasteiger charge is 2.37. The number of carbonyl (C=O) groups excluding carboxylic acids is 1. The van der Waals surface area contributed by atoms with E-state index in [-0.39, 0.29) is 31.1 Å². The van der Waals surface area contributed by atoms with Gasteiger partial charge in [0.05, 0.1) is 16.4 Å². The first-order valence-electron chi connectivity index (χ1n) is 11.8. The van der Waals surface area contributed by atoms with E-state index < -0.39 is 11.9 Å². The second-order valence-corrected chi connectivity index (χ2v) is 9.97. The van der Waals surface area contributed by atoms with Gasteiger partial charge in [0.1, 0.15) is 0 Å². The number of carboxylic acid groups (broad SMARTS) is 1. The molecule has 2 heterocycles. The SMILES string of the molecule is Cc1ccc(NC(=O)C[C@H](CCC(=O)O)c2noc(-c3noc(CC(C)C)n3)c2C2CC2)c(Cl)c1. The lowest BCUT2D eigenvalue weighted by molar-refractivity contribution is -0.137. The standard InChI is InChI=1S/C25H29ClN4O5/c1-13(2)10-20-28-25(30-34-20)24-22(15-5-6-15)23(29-35-24)16(7-9-21(32)33)12-19(31)27-18-8-4-14(3)11-17(18)26/h4,8,11,13,15-16H,5-7,9-10,12H2,1-3H3,(H,27,31)(H,32,33)/t16-/m0/s1. The van der Waals surface area contributed by atoms with Crippen molar-refractivity contribution in [2.24, 2.45) is 5.92 Å². The average Bonchev–Trinajstić information content (AvgIpc) is 3.36. The molecule has 0 unspecified atom stereocenters. The molecule has 9 nitrogen and oxygen atoms in total. The molecule has 1 atom stereocenters. The summed E-state index contributed by atoms with van der Waals surface area (Å²) in [7, 11) is 0. The normalized spacial score (nSPS) is 14.3. The topological polar surface area (TPSA) is 131 Å². The second-order valence-electron chi connectivity index (χ2n) is 9.56. The molecule has 3 aromatic rings. The fourth-order valence-electron chi connectivity index (χ4n) is 4.09. The molecule has 186 valence electrons. The molecule has 1 saturated carbocycles. The smallest absolute Gasteiger partial charge is 0.303 e. The highest BCUT2D eigenvalue weighted by atomic mass is 35.5. The number of nitrogens with zero attached hydrogens (tertiary/aromatic N) is 3. The zero-order chi connectivity index (χ0) is 25.1. The number of carboxylic acids is 1. The van der Waals surface area contributed by atoms with Crippen LogP contribution in [0.5, 0.6) is 0 Å². The Labute approximate surface area is 208 Å². The van der Waals surface area contributed by atoms with Crippen LogP contribution in [0.25, 0.3) is 11.6 Å². The van der Waals surface area contributed by atoms with Crippen LogP contribution in [0.1, 0.15) is 80.5 Å². The molecule has 4 rings (SSSR count). The summed E-state index contributed by atoms with van der Waals surface area (Å²) in [6.45, 7) is 6.04. The van der Waals surface area contributed by atoms with Gasteiger partial charge in [-0.25, -0.2) is 0 Å². The van der Waals surface area contributed by atoms with Gasteiger partial charge in [-0.05, 0) is 55.7 Å². The van der Waals surface area contributed by atoms with Gasteiger partial charge in [-0.15, -0.1) is 0 Å². The molecule has 0 radical (unpaired) electrons. The predicted octanol–water partition coefficient (Wildman–Crippen LogP) is 5.74. The van der Waals surface area contributed by atoms with Crippen molar-refractivity contribution in [1.82, 2.24) is 15.3 Å². The Bertz CT molecular complexity index is 1210. The Kier molecular flexibility index (Phi) is 7.54. The summed E-state index contributed by atoms with van der Waals surface area (Å²) < 4.78 is 11.1. The molecule has 0 aliphatic heterocycles. The summed E-state index contributed by atoms with van der Waals surface area (Å²) in [6, 6.07) is 5.38. The number of aliphatic carboxylic acids is 1. The van der Waals surface area contributed by atoms with Crippen LogP contribution in [-0.2, 0) is 16.0 Å². The molecule has 0 bridgehead atoms. The maximum atomic E-state index is 12.9. The first-order valence-corrected chi connectivity index (χ1v) is 12.2. The summed E-state index contributed by atoms with van der Waals surface area (Å²) in [5.74, 6) is 0.175. The zero-order valence-corrected chi connectivity index (χ0v) is 20.8. The second kappa shape index (κ2) is 10.6. The van der Waals surface area contributed by atoms with Gasteiger partial charge >= 0.3 is 5.97 Å². The minimum absolute atomic E-state index is 0.0357. The molecule has 1 amide bonds. The van der Waals surface area contributed by atoms with Gasteiger partial charge in [0.2, 0.25) is 23.4 Å². The molecule has 10 heteroatoms. The highest BCUT2D eigenvalue weighted by Crippen LogP contribution is 2.48. The van der Waals surface area contributed by atoms with E-state index in [0.29, 0.717) is 46.2 Å². The van der Waals surface area contributed by atoms with Crippen LogP contribution in [-0.4, -0.2) is 32.3 Å². The van der Waals surface area contributed by atoms with E-state index >= 15 is 0 Å². The largest absolute Gasteiger partial charge is 0.481 e. The van der Waals surface area contributed by atoms with Gasteiger partial charge in [0.25, 0.3) is 0 Å². The third-order valence-corrected chi connectivity index (χ3v) is 6.23. The minimum Gasteiger partial charge on any atom is -0.481 e. The van der Waals surface area contributed by atoms with Crippen LogP contribution < -0.4 is 5.32 Å². The van der Waals surface area contributed by atoms with E-state index in [2.05, 4.69) is 34.5 Å². The Morgan fingerprint density at radius 1 is 1.23 bits per heavy atom. The average molecular weight is 501 g/mol. The zero-order valence-electron chi connectivity index (χ0n) is 20.0. The number of carbonyl (C=O) groups is 2. The quantitative estimate of drug-likeness (QED) is 0.340. The number of anilines is 1. The molecule has 1 aromatic carbocycles. The van der Waals surface area contributed by atoms with Gasteiger partial charge in [-0.2, -0.15) is 4.98 Å². The number of hydrogen-bond donors (Lipinski definition) is 2. The highest BCUT2D eigenvalue weighted by molar-refractivity contribution is 6.33. The Morgan fingerprint density at radius 2 is 2.00 bits per heavy atom. The van der Waals surface area contributed by atoms with Gasteiger partial charge in [-0.1, -0.05) is 41.8 Å². The van der Waals surface area contributed by atoms with E-state index in [1.165, 1.54) is 0 Å². The fraction of sp³-hybridized carbons (Fsp3) is 0.480. The van der Waals surface area contributed by atoms with Gasteiger partial charge < -0.3 is 19.5 Å². The lowest BCUT2D eigenvalue weighted by Crippen LogP contribution is -2.18.